The highest BCUT2D eigenvalue weighted by atomic mass is 16.3. The molecule has 0 spiro atoms. The molecule has 8 heteroatoms. The van der Waals surface area contributed by atoms with Crippen molar-refractivity contribution in [1.29, 1.82) is 0 Å². The number of fused-ring (bicyclic) bond motifs is 1. The Balaban J connectivity index is 1.72. The molecule has 1 aliphatic rings. The second kappa shape index (κ2) is 10.1. The third kappa shape index (κ3) is 4.60. The molecule has 3 aromatic heterocycles. The van der Waals surface area contributed by atoms with Gasteiger partial charge in [0.1, 0.15) is 11.6 Å². The maximum atomic E-state index is 12.8. The zero-order valence-corrected chi connectivity index (χ0v) is 18.8. The minimum absolute atomic E-state index is 0.157. The first-order valence-corrected chi connectivity index (χ1v) is 11.6. The van der Waals surface area contributed by atoms with Gasteiger partial charge in [0.15, 0.2) is 5.65 Å². The van der Waals surface area contributed by atoms with E-state index in [-0.39, 0.29) is 24.5 Å². The van der Waals surface area contributed by atoms with Gasteiger partial charge in [-0.1, -0.05) is 26.7 Å². The molecule has 170 valence electrons. The minimum atomic E-state index is -0.248. The van der Waals surface area contributed by atoms with E-state index < -0.39 is 0 Å². The van der Waals surface area contributed by atoms with E-state index in [1.807, 2.05) is 12.3 Å². The molecule has 0 aromatic carbocycles. The summed E-state index contributed by atoms with van der Waals surface area (Å²) in [5.74, 6) is 1.55. The Kier molecular flexibility index (Phi) is 6.99. The fourth-order valence-electron chi connectivity index (χ4n) is 4.65. The lowest BCUT2D eigenvalue weighted by Crippen LogP contribution is -2.34. The van der Waals surface area contributed by atoms with Crippen LogP contribution >= 0.6 is 0 Å². The molecule has 0 bridgehead atoms. The average molecular weight is 437 g/mol. The van der Waals surface area contributed by atoms with Crippen LogP contribution in [0.4, 0.5) is 11.6 Å². The minimum Gasteiger partial charge on any atom is -0.396 e. The van der Waals surface area contributed by atoms with E-state index in [0.29, 0.717) is 23.1 Å². The van der Waals surface area contributed by atoms with Gasteiger partial charge >= 0.3 is 0 Å². The van der Waals surface area contributed by atoms with Crippen molar-refractivity contribution in [1.82, 2.24) is 19.6 Å². The summed E-state index contributed by atoms with van der Waals surface area (Å²) in [5, 5.41) is 20.9. The van der Waals surface area contributed by atoms with Crippen molar-refractivity contribution in [3.8, 4) is 0 Å². The highest BCUT2D eigenvalue weighted by molar-refractivity contribution is 6.03. The molecule has 3 N–H and O–H groups in total. The first-order chi connectivity index (χ1) is 15.6. The van der Waals surface area contributed by atoms with Gasteiger partial charge in [0, 0.05) is 42.6 Å². The monoisotopic (exact) mass is 436 g/mol. The molecule has 1 saturated carbocycles. The molecule has 2 unspecified atom stereocenters. The van der Waals surface area contributed by atoms with Crippen molar-refractivity contribution >= 4 is 23.2 Å². The quantitative estimate of drug-likeness (QED) is 0.488. The molecule has 2 atom stereocenters. The summed E-state index contributed by atoms with van der Waals surface area (Å²) in [6.07, 6.45) is 11.3. The summed E-state index contributed by atoms with van der Waals surface area (Å²) in [5.41, 5.74) is 2.31. The SMILES string of the molecule is CCC(CC)c1cnn2c(NC(=O)c3cccnc3)cc(NC3CCCCC3CO)nc12. The zero-order valence-electron chi connectivity index (χ0n) is 18.8. The number of nitrogens with one attached hydrogen (secondary N) is 2. The molecule has 1 fully saturated rings. The summed E-state index contributed by atoms with van der Waals surface area (Å²) >= 11 is 0. The largest absolute Gasteiger partial charge is 0.396 e. The Morgan fingerprint density at radius 3 is 2.78 bits per heavy atom. The topological polar surface area (TPSA) is 104 Å². The highest BCUT2D eigenvalue weighted by Gasteiger charge is 2.26. The summed E-state index contributed by atoms with van der Waals surface area (Å²) in [4.78, 5) is 21.8. The van der Waals surface area contributed by atoms with Crippen LogP contribution in [0.2, 0.25) is 0 Å². The molecule has 0 radical (unpaired) electrons. The standard InChI is InChI=1S/C24H32N6O2/c1-3-16(4-2)19-14-26-30-22(29-24(32)17-9-7-11-25-13-17)12-21(28-23(19)30)27-20-10-6-5-8-18(20)15-31/h7,9,11-14,16,18,20,31H,3-6,8,10,15H2,1-2H3,(H,27,28)(H,29,32). The molecule has 1 aliphatic carbocycles. The second-order valence-corrected chi connectivity index (χ2v) is 8.55. The number of hydrogen-bond acceptors (Lipinski definition) is 6. The molecule has 1 amide bonds. The van der Waals surface area contributed by atoms with Crippen LogP contribution in [0.15, 0.2) is 36.8 Å². The van der Waals surface area contributed by atoms with E-state index >= 15 is 0 Å². The number of hydrogen-bond donors (Lipinski definition) is 3. The number of rotatable bonds is 8. The van der Waals surface area contributed by atoms with Crippen molar-refractivity contribution in [2.24, 2.45) is 5.92 Å². The van der Waals surface area contributed by atoms with Crippen molar-refractivity contribution in [3.63, 3.8) is 0 Å². The number of anilines is 2. The van der Waals surface area contributed by atoms with Gasteiger partial charge in [-0.3, -0.25) is 9.78 Å². The van der Waals surface area contributed by atoms with Crippen molar-refractivity contribution in [2.45, 2.75) is 64.3 Å². The molecule has 0 aliphatic heterocycles. The van der Waals surface area contributed by atoms with Gasteiger partial charge in [-0.15, -0.1) is 0 Å². The van der Waals surface area contributed by atoms with Crippen LogP contribution in [0.5, 0.6) is 0 Å². The van der Waals surface area contributed by atoms with E-state index in [2.05, 4.69) is 34.6 Å². The molecular weight excluding hydrogens is 404 g/mol. The fourth-order valence-corrected chi connectivity index (χ4v) is 4.65. The Morgan fingerprint density at radius 1 is 1.25 bits per heavy atom. The van der Waals surface area contributed by atoms with Crippen molar-refractivity contribution in [2.75, 3.05) is 17.2 Å². The van der Waals surface area contributed by atoms with Crippen LogP contribution in [0, 0.1) is 5.92 Å². The molecule has 4 rings (SSSR count). The number of pyridine rings is 1. The number of aliphatic hydroxyl groups excluding tert-OH is 1. The van der Waals surface area contributed by atoms with Crippen LogP contribution < -0.4 is 10.6 Å². The molecule has 3 heterocycles. The number of amides is 1. The Morgan fingerprint density at radius 2 is 2.06 bits per heavy atom. The van der Waals surface area contributed by atoms with E-state index in [4.69, 9.17) is 4.98 Å². The lowest BCUT2D eigenvalue weighted by molar-refractivity contribution is 0.102. The summed E-state index contributed by atoms with van der Waals surface area (Å²) < 4.78 is 1.71. The van der Waals surface area contributed by atoms with Gasteiger partial charge in [-0.25, -0.2) is 4.98 Å². The van der Waals surface area contributed by atoms with Crippen LogP contribution in [-0.4, -0.2) is 43.2 Å². The maximum Gasteiger partial charge on any atom is 0.258 e. The smallest absolute Gasteiger partial charge is 0.258 e. The summed E-state index contributed by atoms with van der Waals surface area (Å²) in [7, 11) is 0. The fraction of sp³-hybridized carbons (Fsp3) is 0.500. The van der Waals surface area contributed by atoms with Crippen LogP contribution in [0.25, 0.3) is 5.65 Å². The predicted molar refractivity (Wildman–Crippen MR) is 125 cm³/mol. The Labute approximate surface area is 188 Å². The number of aromatic nitrogens is 4. The lowest BCUT2D eigenvalue weighted by Gasteiger charge is -2.31. The number of nitrogens with zero attached hydrogens (tertiary/aromatic N) is 4. The number of carbonyl (C=O) groups is 1. The van der Waals surface area contributed by atoms with E-state index in [1.165, 1.54) is 0 Å². The van der Waals surface area contributed by atoms with Gasteiger partial charge in [-0.2, -0.15) is 9.61 Å². The van der Waals surface area contributed by atoms with Gasteiger partial charge in [-0.05, 0) is 43.7 Å². The van der Waals surface area contributed by atoms with E-state index in [0.717, 1.165) is 49.7 Å². The molecule has 32 heavy (non-hydrogen) atoms. The summed E-state index contributed by atoms with van der Waals surface area (Å²) in [6.45, 7) is 4.49. The van der Waals surface area contributed by atoms with Crippen LogP contribution in [0.3, 0.4) is 0 Å². The van der Waals surface area contributed by atoms with Crippen LogP contribution in [-0.2, 0) is 0 Å². The Bertz CT molecular complexity index is 1050. The molecule has 8 nitrogen and oxygen atoms in total. The van der Waals surface area contributed by atoms with Gasteiger partial charge < -0.3 is 15.7 Å². The van der Waals surface area contributed by atoms with Gasteiger partial charge in [0.05, 0.1) is 11.8 Å². The first-order valence-electron chi connectivity index (χ1n) is 11.6. The predicted octanol–water partition coefficient (Wildman–Crippen LogP) is 4.24. The first kappa shape index (κ1) is 22.2. The average Bonchev–Trinajstić information content (AvgIpc) is 3.25. The van der Waals surface area contributed by atoms with E-state index in [9.17, 15) is 9.90 Å². The van der Waals surface area contributed by atoms with Gasteiger partial charge in [0.2, 0.25) is 0 Å². The van der Waals surface area contributed by atoms with Gasteiger partial charge in [0.25, 0.3) is 5.91 Å². The van der Waals surface area contributed by atoms with Crippen molar-refractivity contribution < 1.29 is 9.90 Å². The van der Waals surface area contributed by atoms with Crippen molar-refractivity contribution in [3.05, 3.63) is 47.9 Å². The third-order valence-electron chi connectivity index (χ3n) is 6.57. The number of aliphatic hydroxyl groups is 1. The summed E-state index contributed by atoms with van der Waals surface area (Å²) in [6, 6.07) is 5.45. The zero-order chi connectivity index (χ0) is 22.5. The van der Waals surface area contributed by atoms with E-state index in [1.54, 1.807) is 29.0 Å². The second-order valence-electron chi connectivity index (χ2n) is 8.55. The Hall–Kier alpha value is -3.00. The van der Waals surface area contributed by atoms with Crippen LogP contribution in [0.1, 0.15) is 74.2 Å². The maximum absolute atomic E-state index is 12.8. The normalized spacial score (nSPS) is 18.8. The molecular formula is C24H32N6O2. The molecule has 0 saturated heterocycles. The third-order valence-corrected chi connectivity index (χ3v) is 6.57. The lowest BCUT2D eigenvalue weighted by atomic mass is 9.85. The highest BCUT2D eigenvalue weighted by Crippen LogP contribution is 2.31. The number of carbonyl (C=O) groups excluding carboxylic acids is 1. The molecule has 3 aromatic rings.